The second-order valence-corrected chi connectivity index (χ2v) is 5.05. The summed E-state index contributed by atoms with van der Waals surface area (Å²) < 4.78 is 18.5. The molecule has 0 amide bonds. The molecule has 0 unspecified atom stereocenters. The van der Waals surface area contributed by atoms with E-state index in [9.17, 15) is 14.5 Å². The first-order valence-corrected chi connectivity index (χ1v) is 6.48. The number of nitro benzene ring substituents is 1. The van der Waals surface area contributed by atoms with Gasteiger partial charge in [0.1, 0.15) is 17.3 Å². The van der Waals surface area contributed by atoms with Crippen LogP contribution in [0.25, 0.3) is 0 Å². The summed E-state index contributed by atoms with van der Waals surface area (Å²) in [6.07, 6.45) is 0. The van der Waals surface area contributed by atoms with Gasteiger partial charge in [0, 0.05) is 12.1 Å². The Morgan fingerprint density at radius 1 is 1.50 bits per heavy atom. The highest BCUT2D eigenvalue weighted by Crippen LogP contribution is 2.31. The Morgan fingerprint density at radius 2 is 2.20 bits per heavy atom. The second kappa shape index (κ2) is 5.58. The van der Waals surface area contributed by atoms with Crippen LogP contribution in [0.1, 0.15) is 17.0 Å². The number of aromatic nitrogens is 1. The molecule has 0 aliphatic carbocycles. The topological polar surface area (TPSA) is 81.2 Å². The van der Waals surface area contributed by atoms with Crippen LogP contribution < -0.4 is 5.32 Å². The lowest BCUT2D eigenvalue weighted by atomic mass is 10.2. The lowest BCUT2D eigenvalue weighted by Crippen LogP contribution is -2.04. The van der Waals surface area contributed by atoms with Gasteiger partial charge >= 0.3 is 0 Å². The molecule has 0 saturated carbocycles. The van der Waals surface area contributed by atoms with Crippen molar-refractivity contribution in [3.8, 4) is 0 Å². The fourth-order valence-corrected chi connectivity index (χ4v) is 2.11. The maximum Gasteiger partial charge on any atom is 0.295 e. The molecule has 0 radical (unpaired) electrons. The van der Waals surface area contributed by atoms with Crippen molar-refractivity contribution < 1.29 is 13.8 Å². The van der Waals surface area contributed by atoms with Gasteiger partial charge in [-0.05, 0) is 35.8 Å². The van der Waals surface area contributed by atoms with Gasteiger partial charge in [0.25, 0.3) is 5.69 Å². The molecule has 0 atom stereocenters. The number of anilines is 1. The molecule has 1 aromatic carbocycles. The lowest BCUT2D eigenvalue weighted by molar-refractivity contribution is -0.384. The fourth-order valence-electron chi connectivity index (χ4n) is 1.77. The SMILES string of the molecule is Cc1noc(C)c1CNc1cc(Br)c(F)cc1[N+](=O)[O-]. The molecule has 0 bridgehead atoms. The zero-order valence-corrected chi connectivity index (χ0v) is 12.3. The summed E-state index contributed by atoms with van der Waals surface area (Å²) in [4.78, 5) is 10.3. The van der Waals surface area contributed by atoms with Crippen LogP contribution in [0.15, 0.2) is 21.1 Å². The van der Waals surface area contributed by atoms with E-state index in [-0.39, 0.29) is 15.8 Å². The summed E-state index contributed by atoms with van der Waals surface area (Å²) in [5, 5.41) is 17.6. The van der Waals surface area contributed by atoms with E-state index in [1.165, 1.54) is 6.07 Å². The van der Waals surface area contributed by atoms with E-state index in [1.807, 2.05) is 0 Å². The molecule has 0 saturated heterocycles. The molecule has 0 aliphatic rings. The van der Waals surface area contributed by atoms with Crippen LogP contribution >= 0.6 is 15.9 Å². The van der Waals surface area contributed by atoms with Crippen molar-refractivity contribution in [2.45, 2.75) is 20.4 Å². The molecule has 2 rings (SSSR count). The highest BCUT2D eigenvalue weighted by Gasteiger charge is 2.18. The number of nitrogens with zero attached hydrogens (tertiary/aromatic N) is 2. The zero-order valence-electron chi connectivity index (χ0n) is 10.7. The van der Waals surface area contributed by atoms with E-state index < -0.39 is 10.7 Å². The normalized spacial score (nSPS) is 10.6. The van der Waals surface area contributed by atoms with Gasteiger partial charge in [0.15, 0.2) is 0 Å². The Bertz CT molecular complexity index is 653. The molecule has 2 aromatic rings. The summed E-state index contributed by atoms with van der Waals surface area (Å²) in [6, 6.07) is 2.21. The third-order valence-corrected chi connectivity index (χ3v) is 3.48. The van der Waals surface area contributed by atoms with E-state index >= 15 is 0 Å². The van der Waals surface area contributed by atoms with Crippen molar-refractivity contribution in [1.29, 1.82) is 0 Å². The van der Waals surface area contributed by atoms with Crippen LogP contribution in [0, 0.1) is 29.8 Å². The third kappa shape index (κ3) is 2.79. The summed E-state index contributed by atoms with van der Waals surface area (Å²) in [6.45, 7) is 3.84. The Balaban J connectivity index is 2.29. The van der Waals surface area contributed by atoms with E-state index in [2.05, 4.69) is 26.4 Å². The number of benzene rings is 1. The van der Waals surface area contributed by atoms with Gasteiger partial charge in [-0.15, -0.1) is 0 Å². The van der Waals surface area contributed by atoms with Gasteiger partial charge in [0.2, 0.25) is 0 Å². The number of hydrogen-bond acceptors (Lipinski definition) is 5. The first kappa shape index (κ1) is 14.4. The van der Waals surface area contributed by atoms with Gasteiger partial charge in [-0.1, -0.05) is 5.16 Å². The first-order valence-electron chi connectivity index (χ1n) is 5.69. The molecule has 1 heterocycles. The monoisotopic (exact) mass is 343 g/mol. The maximum absolute atomic E-state index is 13.4. The molecule has 106 valence electrons. The molecule has 1 aromatic heterocycles. The van der Waals surface area contributed by atoms with Gasteiger partial charge < -0.3 is 9.84 Å². The minimum absolute atomic E-state index is 0.157. The molecule has 1 N–H and O–H groups in total. The van der Waals surface area contributed by atoms with E-state index in [0.29, 0.717) is 18.0 Å². The van der Waals surface area contributed by atoms with E-state index in [0.717, 1.165) is 11.6 Å². The van der Waals surface area contributed by atoms with E-state index in [1.54, 1.807) is 13.8 Å². The largest absolute Gasteiger partial charge is 0.375 e. The van der Waals surface area contributed by atoms with Gasteiger partial charge in [-0.2, -0.15) is 0 Å². The minimum atomic E-state index is -0.681. The second-order valence-electron chi connectivity index (χ2n) is 4.20. The lowest BCUT2D eigenvalue weighted by Gasteiger charge is -2.08. The number of aryl methyl sites for hydroxylation is 2. The third-order valence-electron chi connectivity index (χ3n) is 2.87. The molecule has 0 aliphatic heterocycles. The summed E-state index contributed by atoms with van der Waals surface area (Å²) >= 11 is 3.01. The first-order chi connectivity index (χ1) is 9.40. The van der Waals surface area contributed by atoms with Crippen LogP contribution in [0.3, 0.4) is 0 Å². The van der Waals surface area contributed by atoms with Crippen molar-refractivity contribution in [2.75, 3.05) is 5.32 Å². The van der Waals surface area contributed by atoms with E-state index in [4.69, 9.17) is 4.52 Å². The molecular weight excluding hydrogens is 333 g/mol. The Labute approximate surface area is 122 Å². The summed E-state index contributed by atoms with van der Waals surface area (Å²) in [5.74, 6) is -0.0431. The molecule has 0 spiro atoms. The van der Waals surface area contributed by atoms with Crippen LogP contribution in [0.5, 0.6) is 0 Å². The number of nitro groups is 1. The number of hydrogen-bond donors (Lipinski definition) is 1. The summed E-state index contributed by atoms with van der Waals surface area (Å²) in [7, 11) is 0. The predicted molar refractivity (Wildman–Crippen MR) is 74.1 cm³/mol. The minimum Gasteiger partial charge on any atom is -0.375 e. The van der Waals surface area contributed by atoms with Gasteiger partial charge in [-0.3, -0.25) is 10.1 Å². The number of halogens is 2. The zero-order chi connectivity index (χ0) is 14.9. The Hall–Kier alpha value is -1.96. The summed E-state index contributed by atoms with van der Waals surface area (Å²) in [5.41, 5.74) is 1.43. The van der Waals surface area contributed by atoms with Crippen molar-refractivity contribution >= 4 is 27.3 Å². The Kier molecular flexibility index (Phi) is 4.03. The highest BCUT2D eigenvalue weighted by molar-refractivity contribution is 9.10. The number of nitrogens with one attached hydrogen (secondary N) is 1. The molecule has 20 heavy (non-hydrogen) atoms. The van der Waals surface area contributed by atoms with Crippen LogP contribution in [-0.2, 0) is 6.54 Å². The maximum atomic E-state index is 13.4. The molecule has 6 nitrogen and oxygen atoms in total. The molecular formula is C12H11BrFN3O3. The van der Waals surface area contributed by atoms with Crippen molar-refractivity contribution in [3.63, 3.8) is 0 Å². The van der Waals surface area contributed by atoms with Gasteiger partial charge in [0.05, 0.1) is 21.2 Å². The molecule has 0 fully saturated rings. The van der Waals surface area contributed by atoms with Crippen LogP contribution in [-0.4, -0.2) is 10.1 Å². The van der Waals surface area contributed by atoms with Crippen molar-refractivity contribution in [1.82, 2.24) is 5.16 Å². The number of rotatable bonds is 4. The van der Waals surface area contributed by atoms with Crippen molar-refractivity contribution in [2.24, 2.45) is 0 Å². The van der Waals surface area contributed by atoms with Gasteiger partial charge in [-0.25, -0.2) is 4.39 Å². The smallest absolute Gasteiger partial charge is 0.295 e. The van der Waals surface area contributed by atoms with Crippen molar-refractivity contribution in [3.05, 3.63) is 49.6 Å². The Morgan fingerprint density at radius 3 is 2.75 bits per heavy atom. The van der Waals surface area contributed by atoms with Crippen LogP contribution in [0.4, 0.5) is 15.8 Å². The van der Waals surface area contributed by atoms with Crippen LogP contribution in [0.2, 0.25) is 0 Å². The fraction of sp³-hybridized carbons (Fsp3) is 0.250. The average molecular weight is 344 g/mol. The average Bonchev–Trinajstić information content (AvgIpc) is 2.70. The predicted octanol–water partition coefficient (Wildman–Crippen LogP) is 3.71. The molecule has 8 heteroatoms. The quantitative estimate of drug-likeness (QED) is 0.675. The highest BCUT2D eigenvalue weighted by atomic mass is 79.9. The standard InChI is InChI=1S/C12H11BrFN3O3/c1-6-8(7(2)20-16-6)5-15-11-3-9(13)10(14)4-12(11)17(18)19/h3-4,15H,5H2,1-2H3.